The number of amides is 1. The Labute approximate surface area is 118 Å². The number of hydrogen-bond acceptors (Lipinski definition) is 3. The van der Waals surface area contributed by atoms with E-state index < -0.39 is 11.4 Å². The van der Waals surface area contributed by atoms with Crippen molar-refractivity contribution in [2.45, 2.75) is 33.1 Å². The molecule has 0 aliphatic rings. The van der Waals surface area contributed by atoms with Gasteiger partial charge >= 0.3 is 5.97 Å². The number of rotatable bonds is 6. The van der Waals surface area contributed by atoms with Gasteiger partial charge in [0.05, 0.1) is 17.0 Å². The van der Waals surface area contributed by atoms with Gasteiger partial charge in [-0.05, 0) is 31.0 Å². The van der Waals surface area contributed by atoms with Crippen LogP contribution in [0.4, 0.5) is 5.69 Å². The predicted octanol–water partition coefficient (Wildman–Crippen LogP) is 2.78. The van der Waals surface area contributed by atoms with E-state index in [9.17, 15) is 14.7 Å². The number of carboxylic acids is 1. The van der Waals surface area contributed by atoms with Crippen LogP contribution in [0.2, 0.25) is 0 Å². The van der Waals surface area contributed by atoms with E-state index in [-0.39, 0.29) is 12.3 Å². The second-order valence-corrected chi connectivity index (χ2v) is 4.71. The number of anilines is 1. The van der Waals surface area contributed by atoms with Gasteiger partial charge in [-0.2, -0.15) is 5.26 Å². The molecule has 0 atom stereocenters. The summed E-state index contributed by atoms with van der Waals surface area (Å²) in [6, 6.07) is 8.50. The van der Waals surface area contributed by atoms with Crippen molar-refractivity contribution in [2.75, 3.05) is 5.32 Å². The summed E-state index contributed by atoms with van der Waals surface area (Å²) < 4.78 is 0. The van der Waals surface area contributed by atoms with Gasteiger partial charge in [0.25, 0.3) is 0 Å². The zero-order valence-electron chi connectivity index (χ0n) is 11.6. The van der Waals surface area contributed by atoms with Crippen molar-refractivity contribution in [1.29, 1.82) is 5.26 Å². The average molecular weight is 274 g/mol. The van der Waals surface area contributed by atoms with Gasteiger partial charge in [-0.1, -0.05) is 19.9 Å². The molecule has 0 aliphatic heterocycles. The molecule has 1 aromatic rings. The summed E-state index contributed by atoms with van der Waals surface area (Å²) in [5.74, 6) is -1.31. The van der Waals surface area contributed by atoms with Gasteiger partial charge < -0.3 is 10.4 Å². The lowest BCUT2D eigenvalue weighted by molar-refractivity contribution is -0.151. The molecule has 1 aromatic carbocycles. The Bertz CT molecular complexity index is 542. The lowest BCUT2D eigenvalue weighted by Crippen LogP contribution is -2.34. The molecule has 1 amide bonds. The van der Waals surface area contributed by atoms with Gasteiger partial charge in [0.2, 0.25) is 5.91 Å². The maximum absolute atomic E-state index is 12.0. The maximum Gasteiger partial charge on any atom is 0.310 e. The van der Waals surface area contributed by atoms with Gasteiger partial charge in [0.1, 0.15) is 0 Å². The number of nitrogens with one attached hydrogen (secondary N) is 1. The molecule has 0 fully saturated rings. The minimum atomic E-state index is -1.03. The number of carboxylic acid groups (broad SMARTS) is 1. The van der Waals surface area contributed by atoms with E-state index in [0.717, 1.165) is 0 Å². The number of aliphatic carboxylic acids is 1. The molecular weight excluding hydrogens is 256 g/mol. The fraction of sp³-hybridized carbons (Fsp3) is 0.400. The average Bonchev–Trinajstić information content (AvgIpc) is 2.44. The topological polar surface area (TPSA) is 90.2 Å². The van der Waals surface area contributed by atoms with Crippen molar-refractivity contribution in [3.8, 4) is 6.07 Å². The van der Waals surface area contributed by atoms with Crippen LogP contribution in [0, 0.1) is 16.7 Å². The molecule has 0 saturated carbocycles. The minimum absolute atomic E-state index is 0.0773. The van der Waals surface area contributed by atoms with Crippen molar-refractivity contribution < 1.29 is 14.7 Å². The molecule has 0 unspecified atom stereocenters. The van der Waals surface area contributed by atoms with Crippen molar-refractivity contribution >= 4 is 17.6 Å². The highest BCUT2D eigenvalue weighted by Crippen LogP contribution is 2.31. The van der Waals surface area contributed by atoms with Crippen molar-refractivity contribution in [2.24, 2.45) is 5.41 Å². The Morgan fingerprint density at radius 1 is 1.35 bits per heavy atom. The monoisotopic (exact) mass is 274 g/mol. The summed E-state index contributed by atoms with van der Waals surface area (Å²) in [6.45, 7) is 3.53. The van der Waals surface area contributed by atoms with E-state index in [1.165, 1.54) is 0 Å². The molecule has 0 aromatic heterocycles. The zero-order chi connectivity index (χ0) is 15.2. The second-order valence-electron chi connectivity index (χ2n) is 4.71. The fourth-order valence-electron chi connectivity index (χ4n) is 2.06. The van der Waals surface area contributed by atoms with Crippen LogP contribution in [0.15, 0.2) is 24.3 Å². The van der Waals surface area contributed by atoms with Crippen LogP contribution < -0.4 is 5.32 Å². The van der Waals surface area contributed by atoms with Crippen LogP contribution in [0.25, 0.3) is 0 Å². The number of hydrogen-bond donors (Lipinski definition) is 2. The van der Waals surface area contributed by atoms with E-state index in [4.69, 9.17) is 5.26 Å². The third-order valence-electron chi connectivity index (χ3n) is 3.58. The molecule has 0 heterocycles. The predicted molar refractivity (Wildman–Crippen MR) is 75.1 cm³/mol. The first-order chi connectivity index (χ1) is 9.47. The Morgan fingerprint density at radius 3 is 2.50 bits per heavy atom. The Hall–Kier alpha value is -2.35. The van der Waals surface area contributed by atoms with Gasteiger partial charge in [0.15, 0.2) is 0 Å². The van der Waals surface area contributed by atoms with Gasteiger partial charge in [-0.15, -0.1) is 0 Å². The highest BCUT2D eigenvalue weighted by atomic mass is 16.4. The number of carbonyl (C=O) groups excluding carboxylic acids is 1. The molecule has 0 spiro atoms. The normalized spacial score (nSPS) is 10.7. The van der Waals surface area contributed by atoms with Crippen LogP contribution in [0.3, 0.4) is 0 Å². The van der Waals surface area contributed by atoms with Gasteiger partial charge in [-0.3, -0.25) is 9.59 Å². The maximum atomic E-state index is 12.0. The fourth-order valence-corrected chi connectivity index (χ4v) is 2.06. The summed E-state index contributed by atoms with van der Waals surface area (Å²) >= 11 is 0. The van der Waals surface area contributed by atoms with Crippen molar-refractivity contribution in [1.82, 2.24) is 0 Å². The van der Waals surface area contributed by atoms with E-state index >= 15 is 0 Å². The highest BCUT2D eigenvalue weighted by molar-refractivity contribution is 5.94. The number of carbonyl (C=O) groups is 2. The molecule has 0 bridgehead atoms. The SMILES string of the molecule is CCC(CC)(CC(=O)Nc1cccc(C#N)c1)C(=O)O. The number of nitriles is 1. The molecule has 0 radical (unpaired) electrons. The Balaban J connectivity index is 2.81. The molecule has 20 heavy (non-hydrogen) atoms. The third kappa shape index (κ3) is 3.58. The first-order valence-corrected chi connectivity index (χ1v) is 6.51. The minimum Gasteiger partial charge on any atom is -0.481 e. The van der Waals surface area contributed by atoms with E-state index in [1.807, 2.05) is 6.07 Å². The highest BCUT2D eigenvalue weighted by Gasteiger charge is 2.37. The Kier molecular flexibility index (Phi) is 5.27. The summed E-state index contributed by atoms with van der Waals surface area (Å²) in [6.07, 6.45) is 0.709. The van der Waals surface area contributed by atoms with Crippen LogP contribution in [-0.4, -0.2) is 17.0 Å². The molecule has 5 heteroatoms. The van der Waals surface area contributed by atoms with Gasteiger partial charge in [0, 0.05) is 12.1 Å². The number of benzene rings is 1. The van der Waals surface area contributed by atoms with Crippen LogP contribution >= 0.6 is 0 Å². The van der Waals surface area contributed by atoms with E-state index in [2.05, 4.69) is 5.32 Å². The summed E-state index contributed by atoms with van der Waals surface area (Å²) in [7, 11) is 0. The van der Waals surface area contributed by atoms with Crippen LogP contribution in [0.5, 0.6) is 0 Å². The molecular formula is C15H18N2O3. The van der Waals surface area contributed by atoms with Gasteiger partial charge in [-0.25, -0.2) is 0 Å². The first kappa shape index (κ1) is 15.7. The molecule has 0 saturated heterocycles. The molecule has 5 nitrogen and oxygen atoms in total. The van der Waals surface area contributed by atoms with Crippen LogP contribution in [-0.2, 0) is 9.59 Å². The standard InChI is InChI=1S/C15H18N2O3/c1-3-15(4-2,14(19)20)9-13(18)17-12-7-5-6-11(8-12)10-16/h5-8H,3-4,9H2,1-2H3,(H,17,18)(H,19,20). The third-order valence-corrected chi connectivity index (χ3v) is 3.58. The van der Waals surface area contributed by atoms with E-state index in [1.54, 1.807) is 38.1 Å². The first-order valence-electron chi connectivity index (χ1n) is 6.51. The smallest absolute Gasteiger partial charge is 0.310 e. The molecule has 106 valence electrons. The van der Waals surface area contributed by atoms with Crippen molar-refractivity contribution in [3.05, 3.63) is 29.8 Å². The lowest BCUT2D eigenvalue weighted by atomic mass is 9.79. The molecule has 2 N–H and O–H groups in total. The van der Waals surface area contributed by atoms with Crippen LogP contribution in [0.1, 0.15) is 38.7 Å². The largest absolute Gasteiger partial charge is 0.481 e. The summed E-state index contributed by atoms with van der Waals surface area (Å²) in [4.78, 5) is 23.3. The number of nitrogens with zero attached hydrogens (tertiary/aromatic N) is 1. The zero-order valence-corrected chi connectivity index (χ0v) is 11.6. The summed E-state index contributed by atoms with van der Waals surface area (Å²) in [5, 5.41) is 20.7. The Morgan fingerprint density at radius 2 is 2.00 bits per heavy atom. The summed E-state index contributed by atoms with van der Waals surface area (Å²) in [5.41, 5.74) is -0.0875. The van der Waals surface area contributed by atoms with Crippen molar-refractivity contribution in [3.63, 3.8) is 0 Å². The lowest BCUT2D eigenvalue weighted by Gasteiger charge is -2.25. The quantitative estimate of drug-likeness (QED) is 0.834. The van der Waals surface area contributed by atoms with E-state index in [0.29, 0.717) is 24.1 Å². The second kappa shape index (κ2) is 6.71. The molecule has 0 aliphatic carbocycles. The molecule has 1 rings (SSSR count).